The number of likely N-dealkylation sites (tertiary alicyclic amines) is 1. The van der Waals surface area contributed by atoms with Crippen molar-refractivity contribution in [2.24, 2.45) is 0 Å². The Morgan fingerprint density at radius 2 is 1.44 bits per heavy atom. The van der Waals surface area contributed by atoms with Crippen molar-refractivity contribution >= 4 is 15.8 Å². The summed E-state index contributed by atoms with van der Waals surface area (Å²) in [6.07, 6.45) is -4.53. The van der Waals surface area contributed by atoms with Gasteiger partial charge in [-0.25, -0.2) is 8.42 Å². The van der Waals surface area contributed by atoms with Crippen molar-refractivity contribution in [3.8, 4) is 17.2 Å². The number of benzene rings is 2. The molecule has 0 aromatic heterocycles. The van der Waals surface area contributed by atoms with E-state index >= 15 is 0 Å². The highest BCUT2D eigenvalue weighted by Crippen LogP contribution is 2.38. The van der Waals surface area contributed by atoms with Gasteiger partial charge in [0, 0.05) is 13.1 Å². The third-order valence-corrected chi connectivity index (χ3v) is 8.20. The van der Waals surface area contributed by atoms with Gasteiger partial charge in [0.15, 0.2) is 14.6 Å². The standard InChI is InChI=1S/C23H26F3NO6S/c1-3-27-15-13-22(14-16-27,21(28)31-4-2)34(29,30)20-11-9-18(10-12-20)32-17-5-7-19(8-6-17)33-23(24,25)26/h5-12H,3-4,13-16H2,1-2H3. The molecule has 0 atom stereocenters. The van der Waals surface area contributed by atoms with E-state index in [0.29, 0.717) is 13.1 Å². The number of sulfone groups is 1. The summed E-state index contributed by atoms with van der Waals surface area (Å²) in [5.41, 5.74) is 0. The maximum absolute atomic E-state index is 13.6. The summed E-state index contributed by atoms with van der Waals surface area (Å²) in [4.78, 5) is 14.9. The highest BCUT2D eigenvalue weighted by atomic mass is 32.2. The third kappa shape index (κ3) is 5.64. The van der Waals surface area contributed by atoms with Crippen LogP contribution in [0.5, 0.6) is 17.2 Å². The monoisotopic (exact) mass is 501 g/mol. The number of nitrogens with zero attached hydrogens (tertiary/aromatic N) is 1. The molecule has 186 valence electrons. The molecule has 1 saturated heterocycles. The Hall–Kier alpha value is -2.79. The maximum atomic E-state index is 13.6. The van der Waals surface area contributed by atoms with Crippen LogP contribution in [-0.2, 0) is 19.4 Å². The molecular formula is C23H26F3NO6S. The van der Waals surface area contributed by atoms with Crippen LogP contribution in [0.4, 0.5) is 13.2 Å². The van der Waals surface area contributed by atoms with E-state index in [1.54, 1.807) is 6.92 Å². The van der Waals surface area contributed by atoms with E-state index in [-0.39, 0.29) is 41.6 Å². The fraction of sp³-hybridized carbons (Fsp3) is 0.435. The second kappa shape index (κ2) is 10.2. The van der Waals surface area contributed by atoms with E-state index < -0.39 is 26.9 Å². The van der Waals surface area contributed by atoms with E-state index in [1.807, 2.05) is 6.92 Å². The zero-order valence-corrected chi connectivity index (χ0v) is 19.6. The molecule has 0 saturated carbocycles. The first kappa shape index (κ1) is 25.8. The van der Waals surface area contributed by atoms with Gasteiger partial charge in [0.25, 0.3) is 0 Å². The van der Waals surface area contributed by atoms with Crippen molar-refractivity contribution in [3.05, 3.63) is 48.5 Å². The van der Waals surface area contributed by atoms with E-state index in [1.165, 1.54) is 36.4 Å². The highest BCUT2D eigenvalue weighted by molar-refractivity contribution is 7.93. The smallest absolute Gasteiger partial charge is 0.465 e. The topological polar surface area (TPSA) is 82.1 Å². The number of rotatable bonds is 8. The largest absolute Gasteiger partial charge is 0.573 e. The Kier molecular flexibility index (Phi) is 7.77. The Balaban J connectivity index is 1.79. The van der Waals surface area contributed by atoms with Crippen molar-refractivity contribution < 1.29 is 40.6 Å². The predicted molar refractivity (Wildman–Crippen MR) is 118 cm³/mol. The first-order valence-corrected chi connectivity index (χ1v) is 12.3. The van der Waals surface area contributed by atoms with Gasteiger partial charge in [-0.2, -0.15) is 0 Å². The molecular weight excluding hydrogens is 475 g/mol. The summed E-state index contributed by atoms with van der Waals surface area (Å²) >= 11 is 0. The predicted octanol–water partition coefficient (Wildman–Crippen LogP) is 4.57. The molecule has 2 aromatic carbocycles. The van der Waals surface area contributed by atoms with Crippen LogP contribution in [0.25, 0.3) is 0 Å². The van der Waals surface area contributed by atoms with Gasteiger partial charge in [0.2, 0.25) is 0 Å². The number of piperidine rings is 1. The van der Waals surface area contributed by atoms with Gasteiger partial charge in [-0.3, -0.25) is 4.79 Å². The van der Waals surface area contributed by atoms with E-state index in [2.05, 4.69) is 9.64 Å². The minimum Gasteiger partial charge on any atom is -0.465 e. The number of carbonyl (C=O) groups excluding carboxylic acids is 1. The van der Waals surface area contributed by atoms with E-state index in [4.69, 9.17) is 9.47 Å². The lowest BCUT2D eigenvalue weighted by Gasteiger charge is -2.38. The Labute approximate surface area is 196 Å². The van der Waals surface area contributed by atoms with E-state index in [0.717, 1.165) is 18.7 Å². The van der Waals surface area contributed by atoms with Gasteiger partial charge in [-0.15, -0.1) is 13.2 Å². The summed E-state index contributed by atoms with van der Waals surface area (Å²) in [5.74, 6) is -0.624. The first-order chi connectivity index (χ1) is 16.0. The second-order valence-electron chi connectivity index (χ2n) is 7.75. The van der Waals surface area contributed by atoms with Crippen LogP contribution in [0.2, 0.25) is 0 Å². The van der Waals surface area contributed by atoms with Gasteiger partial charge in [0.05, 0.1) is 11.5 Å². The molecule has 34 heavy (non-hydrogen) atoms. The van der Waals surface area contributed by atoms with Crippen molar-refractivity contribution in [1.82, 2.24) is 4.90 Å². The van der Waals surface area contributed by atoms with Crippen LogP contribution in [-0.4, -0.2) is 56.6 Å². The average Bonchev–Trinajstić information content (AvgIpc) is 2.80. The molecule has 0 unspecified atom stereocenters. The van der Waals surface area contributed by atoms with Crippen molar-refractivity contribution in [3.63, 3.8) is 0 Å². The summed E-state index contributed by atoms with van der Waals surface area (Å²) in [6.45, 7) is 5.36. The normalized spacial score (nSPS) is 16.6. The molecule has 0 aliphatic carbocycles. The second-order valence-corrected chi connectivity index (χ2v) is 10.0. The molecule has 0 spiro atoms. The molecule has 3 rings (SSSR count). The first-order valence-electron chi connectivity index (χ1n) is 10.8. The zero-order valence-electron chi connectivity index (χ0n) is 18.8. The fourth-order valence-electron chi connectivity index (χ4n) is 3.83. The Bertz CT molecular complexity index is 1080. The molecule has 2 aromatic rings. The average molecular weight is 502 g/mol. The number of carbonyl (C=O) groups is 1. The molecule has 11 heteroatoms. The number of esters is 1. The Morgan fingerprint density at radius 3 is 1.91 bits per heavy atom. The van der Waals surface area contributed by atoms with Gasteiger partial charge in [0.1, 0.15) is 17.2 Å². The quantitative estimate of drug-likeness (QED) is 0.490. The van der Waals surface area contributed by atoms with Gasteiger partial charge < -0.3 is 19.1 Å². The molecule has 7 nitrogen and oxygen atoms in total. The summed E-state index contributed by atoms with van der Waals surface area (Å²) in [7, 11) is -4.07. The van der Waals surface area contributed by atoms with Gasteiger partial charge in [-0.1, -0.05) is 6.92 Å². The van der Waals surface area contributed by atoms with E-state index in [9.17, 15) is 26.4 Å². The maximum Gasteiger partial charge on any atom is 0.573 e. The molecule has 0 bridgehead atoms. The van der Waals surface area contributed by atoms with Crippen LogP contribution < -0.4 is 9.47 Å². The lowest BCUT2D eigenvalue weighted by molar-refractivity contribution is -0.274. The third-order valence-electron chi connectivity index (χ3n) is 5.70. The fourth-order valence-corrected chi connectivity index (χ4v) is 5.78. The molecule has 1 fully saturated rings. The summed E-state index contributed by atoms with van der Waals surface area (Å²) in [6, 6.07) is 10.3. The highest BCUT2D eigenvalue weighted by Gasteiger charge is 2.54. The summed E-state index contributed by atoms with van der Waals surface area (Å²) in [5, 5.41) is 0. The molecule has 0 amide bonds. The number of hydrogen-bond acceptors (Lipinski definition) is 7. The number of alkyl halides is 3. The van der Waals surface area contributed by atoms with Gasteiger partial charge in [-0.05, 0) is 74.8 Å². The number of hydrogen-bond donors (Lipinski definition) is 0. The lowest BCUT2D eigenvalue weighted by atomic mass is 9.95. The van der Waals surface area contributed by atoms with Crippen molar-refractivity contribution in [2.45, 2.75) is 42.7 Å². The van der Waals surface area contributed by atoms with Crippen LogP contribution in [0.3, 0.4) is 0 Å². The molecule has 0 N–H and O–H groups in total. The number of halogens is 3. The van der Waals surface area contributed by atoms with Crippen LogP contribution in [0, 0.1) is 0 Å². The van der Waals surface area contributed by atoms with Gasteiger partial charge >= 0.3 is 12.3 Å². The minimum absolute atomic E-state index is 0.0354. The molecule has 1 aliphatic heterocycles. The molecule has 0 radical (unpaired) electrons. The molecule has 1 heterocycles. The summed E-state index contributed by atoms with van der Waals surface area (Å²) < 4.78 is 76.9. The Morgan fingerprint density at radius 1 is 0.941 bits per heavy atom. The van der Waals surface area contributed by atoms with Crippen molar-refractivity contribution in [1.29, 1.82) is 0 Å². The van der Waals surface area contributed by atoms with Crippen LogP contribution >= 0.6 is 0 Å². The van der Waals surface area contributed by atoms with Crippen LogP contribution in [0.15, 0.2) is 53.4 Å². The van der Waals surface area contributed by atoms with Crippen LogP contribution in [0.1, 0.15) is 26.7 Å². The molecule has 1 aliphatic rings. The minimum atomic E-state index is -4.79. The SMILES string of the molecule is CCOC(=O)C1(S(=O)(=O)c2ccc(Oc3ccc(OC(F)(F)F)cc3)cc2)CCN(CC)CC1. The zero-order chi connectivity index (χ0) is 25.0. The van der Waals surface area contributed by atoms with Crippen molar-refractivity contribution in [2.75, 3.05) is 26.2 Å². The lowest BCUT2D eigenvalue weighted by Crippen LogP contribution is -2.55. The number of ether oxygens (including phenoxy) is 3.